The number of aliphatic imine (C=N–C) groups is 1. The van der Waals surface area contributed by atoms with Crippen LogP contribution in [-0.4, -0.2) is 77.1 Å². The molecule has 5 N–H and O–H groups in total. The number of rotatable bonds is 8. The molecule has 170 valence electrons. The average molecular weight is 439 g/mol. The molecule has 0 bridgehead atoms. The van der Waals surface area contributed by atoms with Crippen molar-refractivity contribution in [3.8, 4) is 0 Å². The first-order valence-corrected chi connectivity index (χ1v) is 11.1. The third kappa shape index (κ3) is 4.84. The van der Waals surface area contributed by atoms with Crippen molar-refractivity contribution in [1.82, 2.24) is 9.61 Å². The quantitative estimate of drug-likeness (QED) is 0.372. The smallest absolute Gasteiger partial charge is 0.175 e. The van der Waals surface area contributed by atoms with Gasteiger partial charge in [-0.3, -0.25) is 5.41 Å². The summed E-state index contributed by atoms with van der Waals surface area (Å²) in [6.45, 7) is 4.25. The Labute approximate surface area is 188 Å². The molecular formula is C23H32N7O2+. The minimum absolute atomic E-state index is 0.107. The molecule has 32 heavy (non-hydrogen) atoms. The second kappa shape index (κ2) is 9.54. The summed E-state index contributed by atoms with van der Waals surface area (Å²) in [4.78, 5) is 4.82. The molecule has 9 heteroatoms. The van der Waals surface area contributed by atoms with Crippen molar-refractivity contribution in [2.75, 3.05) is 51.8 Å². The van der Waals surface area contributed by atoms with Crippen LogP contribution < -0.4 is 11.1 Å². The van der Waals surface area contributed by atoms with E-state index in [9.17, 15) is 0 Å². The molecule has 1 aliphatic heterocycles. The lowest BCUT2D eigenvalue weighted by atomic mass is 10.1. The zero-order valence-electron chi connectivity index (χ0n) is 18.5. The maximum absolute atomic E-state index is 9.04. The number of likely N-dealkylation sites (N-methyl/N-ethyl adjacent to an activating group) is 1. The van der Waals surface area contributed by atoms with Gasteiger partial charge in [0, 0.05) is 12.3 Å². The predicted molar refractivity (Wildman–Crippen MR) is 127 cm³/mol. The van der Waals surface area contributed by atoms with Crippen LogP contribution in [-0.2, 0) is 4.74 Å². The number of pyridine rings is 1. The number of allylic oxidation sites excluding steroid dienone is 2. The zero-order valence-corrected chi connectivity index (χ0v) is 18.5. The van der Waals surface area contributed by atoms with E-state index in [2.05, 4.69) is 12.4 Å². The number of anilines is 1. The van der Waals surface area contributed by atoms with E-state index >= 15 is 0 Å². The fourth-order valence-corrected chi connectivity index (χ4v) is 4.24. The van der Waals surface area contributed by atoms with E-state index in [4.69, 9.17) is 31.1 Å². The van der Waals surface area contributed by atoms with Gasteiger partial charge in [-0.05, 0) is 37.5 Å². The molecule has 0 atom stereocenters. The van der Waals surface area contributed by atoms with Crippen molar-refractivity contribution in [2.45, 2.75) is 19.3 Å². The number of nitrogens with one attached hydrogen (secondary N) is 2. The molecule has 4 rings (SSSR count). The number of aromatic nitrogens is 2. The van der Waals surface area contributed by atoms with Crippen molar-refractivity contribution in [3.05, 3.63) is 48.0 Å². The van der Waals surface area contributed by atoms with Crippen LogP contribution in [0, 0.1) is 5.41 Å². The summed E-state index contributed by atoms with van der Waals surface area (Å²) >= 11 is 0. The molecule has 0 amide bonds. The number of aliphatic hydroxyl groups excluding tert-OH is 1. The molecule has 0 saturated carbocycles. The molecule has 9 nitrogen and oxygen atoms in total. The minimum Gasteiger partial charge on any atom is -0.489 e. The topological polar surface area (TPSA) is 121 Å². The monoisotopic (exact) mass is 438 g/mol. The molecule has 2 aromatic rings. The summed E-state index contributed by atoms with van der Waals surface area (Å²) in [6, 6.07) is 5.84. The number of likely N-dealkylation sites (tertiary alicyclic amines) is 1. The first-order valence-electron chi connectivity index (χ1n) is 11.1. The molecule has 1 fully saturated rings. The average Bonchev–Trinajstić information content (AvgIpc) is 3.12. The largest absolute Gasteiger partial charge is 0.489 e. The van der Waals surface area contributed by atoms with Crippen LogP contribution in [0.1, 0.15) is 19.3 Å². The number of nitrogens with two attached hydrogens (primary N) is 1. The Morgan fingerprint density at radius 1 is 1.28 bits per heavy atom. The maximum Gasteiger partial charge on any atom is 0.175 e. The SMILES string of the molecule is C[N+]1(CCNc2nn3ccccc3c2/N=C2\C=C(OCCO)C(=N)C=C2N)CCCCC1. The molecule has 1 saturated heterocycles. The Kier molecular flexibility index (Phi) is 6.57. The maximum atomic E-state index is 9.04. The van der Waals surface area contributed by atoms with Crippen LogP contribution in [0.5, 0.6) is 0 Å². The lowest BCUT2D eigenvalue weighted by molar-refractivity contribution is -0.912. The lowest BCUT2D eigenvalue weighted by Crippen LogP contribution is -2.50. The van der Waals surface area contributed by atoms with Gasteiger partial charge in [0.15, 0.2) is 5.82 Å². The number of nitrogens with zero attached hydrogens (tertiary/aromatic N) is 4. The molecule has 0 aromatic carbocycles. The third-order valence-electron chi connectivity index (χ3n) is 6.06. The van der Waals surface area contributed by atoms with E-state index < -0.39 is 0 Å². The van der Waals surface area contributed by atoms with Crippen LogP contribution in [0.15, 0.2) is 53.0 Å². The summed E-state index contributed by atoms with van der Waals surface area (Å²) in [5.41, 5.74) is 8.79. The summed E-state index contributed by atoms with van der Waals surface area (Å²) in [6.07, 6.45) is 8.97. The third-order valence-corrected chi connectivity index (χ3v) is 6.06. The van der Waals surface area contributed by atoms with Crippen LogP contribution in [0.3, 0.4) is 0 Å². The standard InChI is InChI=1S/C23H32N7O2/c1-30(10-5-2-6-11-30)12-8-26-23-22(20-7-3-4-9-29(20)28-23)27-19-16-21(32-14-13-31)18(25)15-17(19)24/h3-4,7,9,15-16,25,31H,2,5-6,8,10-14,24H2,1H3,(H,26,28)/q+1/b25-18?,27-19+. The van der Waals surface area contributed by atoms with E-state index in [1.54, 1.807) is 10.6 Å². The van der Waals surface area contributed by atoms with Crippen LogP contribution in [0.25, 0.3) is 5.52 Å². The normalized spacial score (nSPS) is 19.7. The van der Waals surface area contributed by atoms with Crippen molar-refractivity contribution in [2.24, 2.45) is 10.7 Å². The number of quaternary nitrogens is 1. The summed E-state index contributed by atoms with van der Waals surface area (Å²) < 4.78 is 8.35. The fourth-order valence-electron chi connectivity index (χ4n) is 4.24. The Bertz CT molecular complexity index is 1080. The number of piperidine rings is 1. The molecule has 2 aliphatic rings. The van der Waals surface area contributed by atoms with Gasteiger partial charge in [-0.15, -0.1) is 5.10 Å². The van der Waals surface area contributed by atoms with Crippen LogP contribution >= 0.6 is 0 Å². The first kappa shape index (κ1) is 22.0. The highest BCUT2D eigenvalue weighted by atomic mass is 16.5. The van der Waals surface area contributed by atoms with Gasteiger partial charge in [-0.25, -0.2) is 9.51 Å². The van der Waals surface area contributed by atoms with E-state index in [-0.39, 0.29) is 18.9 Å². The molecule has 2 aromatic heterocycles. The predicted octanol–water partition coefficient (Wildman–Crippen LogP) is 2.22. The molecule has 0 spiro atoms. The Morgan fingerprint density at radius 3 is 2.88 bits per heavy atom. The lowest BCUT2D eigenvalue weighted by Gasteiger charge is -2.37. The summed E-state index contributed by atoms with van der Waals surface area (Å²) in [5.74, 6) is 1.03. The fraction of sp³-hybridized carbons (Fsp3) is 0.435. The summed E-state index contributed by atoms with van der Waals surface area (Å²) in [5, 5.41) is 25.3. The summed E-state index contributed by atoms with van der Waals surface area (Å²) in [7, 11) is 2.33. The van der Waals surface area contributed by atoms with E-state index in [0.717, 1.165) is 23.1 Å². The van der Waals surface area contributed by atoms with E-state index in [1.165, 1.54) is 38.4 Å². The van der Waals surface area contributed by atoms with E-state index in [0.29, 0.717) is 28.7 Å². The van der Waals surface area contributed by atoms with Gasteiger partial charge in [-0.1, -0.05) is 6.07 Å². The number of ether oxygens (including phenoxy) is 1. The number of aliphatic hydroxyl groups is 1. The minimum atomic E-state index is -0.129. The van der Waals surface area contributed by atoms with Crippen molar-refractivity contribution >= 4 is 28.4 Å². The Balaban J connectivity index is 1.62. The first-order chi connectivity index (χ1) is 15.5. The second-order valence-corrected chi connectivity index (χ2v) is 8.60. The van der Waals surface area contributed by atoms with Crippen molar-refractivity contribution < 1.29 is 14.3 Å². The van der Waals surface area contributed by atoms with Crippen LogP contribution in [0.4, 0.5) is 11.5 Å². The highest BCUT2D eigenvalue weighted by Gasteiger charge is 2.24. The Morgan fingerprint density at radius 2 is 2.09 bits per heavy atom. The number of hydrogen-bond donors (Lipinski definition) is 4. The van der Waals surface area contributed by atoms with Gasteiger partial charge in [0.1, 0.15) is 18.1 Å². The molecular weight excluding hydrogens is 406 g/mol. The molecule has 0 radical (unpaired) electrons. The van der Waals surface area contributed by atoms with Gasteiger partial charge in [0.05, 0.1) is 62.5 Å². The second-order valence-electron chi connectivity index (χ2n) is 8.60. The number of fused-ring (bicyclic) bond motifs is 1. The van der Waals surface area contributed by atoms with Crippen LogP contribution in [0.2, 0.25) is 0 Å². The van der Waals surface area contributed by atoms with Crippen molar-refractivity contribution in [3.63, 3.8) is 0 Å². The Hall–Kier alpha value is -3.17. The number of hydrogen-bond acceptors (Lipinski definition) is 7. The molecule has 1 aliphatic carbocycles. The zero-order chi connectivity index (χ0) is 22.6. The molecule has 3 heterocycles. The van der Waals surface area contributed by atoms with Gasteiger partial charge in [0.25, 0.3) is 0 Å². The van der Waals surface area contributed by atoms with Crippen molar-refractivity contribution in [1.29, 1.82) is 5.41 Å². The van der Waals surface area contributed by atoms with E-state index in [1.807, 2.05) is 24.4 Å². The van der Waals surface area contributed by atoms with Gasteiger partial charge < -0.3 is 25.4 Å². The highest BCUT2D eigenvalue weighted by molar-refractivity contribution is 6.22. The van der Waals surface area contributed by atoms with Gasteiger partial charge in [-0.2, -0.15) is 0 Å². The van der Waals surface area contributed by atoms with Gasteiger partial charge >= 0.3 is 0 Å². The van der Waals surface area contributed by atoms with Gasteiger partial charge in [0.2, 0.25) is 0 Å². The molecule has 0 unspecified atom stereocenters. The highest BCUT2D eigenvalue weighted by Crippen LogP contribution is 2.31.